The van der Waals surface area contributed by atoms with Gasteiger partial charge < -0.3 is 9.68 Å². The molecule has 0 N–H and O–H groups in total. The molecular formula is C23H15Cl2F6N3O4. The van der Waals surface area contributed by atoms with Gasteiger partial charge in [-0.3, -0.25) is 9.59 Å². The van der Waals surface area contributed by atoms with Gasteiger partial charge in [-0.15, -0.1) is 0 Å². The fourth-order valence-electron chi connectivity index (χ4n) is 4.00. The number of amides is 2. The molecule has 2 amide bonds. The summed E-state index contributed by atoms with van der Waals surface area (Å²) in [6.07, 6.45) is -11.9. The highest BCUT2D eigenvalue weighted by Crippen LogP contribution is 2.50. The van der Waals surface area contributed by atoms with E-state index in [-0.39, 0.29) is 40.4 Å². The van der Waals surface area contributed by atoms with E-state index in [0.29, 0.717) is 12.1 Å². The Morgan fingerprint density at radius 2 is 1.82 bits per heavy atom. The van der Waals surface area contributed by atoms with Crippen LogP contribution in [-0.2, 0) is 26.2 Å². The van der Waals surface area contributed by atoms with E-state index in [1.165, 1.54) is 25.1 Å². The first-order valence-electron chi connectivity index (χ1n) is 10.6. The minimum atomic E-state index is -5.17. The first-order chi connectivity index (χ1) is 17.7. The van der Waals surface area contributed by atoms with Gasteiger partial charge in [-0.05, 0) is 48.4 Å². The Bertz CT molecular complexity index is 1360. The number of halogens is 8. The smallest absolute Gasteiger partial charge is 0.374 e. The van der Waals surface area contributed by atoms with Gasteiger partial charge in [0, 0.05) is 22.6 Å². The summed E-state index contributed by atoms with van der Waals surface area (Å²) in [4.78, 5) is 34.9. The van der Waals surface area contributed by atoms with E-state index < -0.39 is 52.7 Å². The highest BCUT2D eigenvalue weighted by atomic mass is 35.5. The lowest BCUT2D eigenvalue weighted by Gasteiger charge is -2.30. The Kier molecular flexibility index (Phi) is 7.12. The van der Waals surface area contributed by atoms with Crippen molar-refractivity contribution in [2.24, 2.45) is 10.3 Å². The molecule has 0 aromatic heterocycles. The zero-order chi connectivity index (χ0) is 28.0. The predicted octanol–water partition coefficient (Wildman–Crippen LogP) is 6.15. The van der Waals surface area contributed by atoms with Crippen molar-refractivity contribution in [3.63, 3.8) is 0 Å². The molecule has 15 heteroatoms. The molecule has 0 radical (unpaired) electrons. The van der Waals surface area contributed by atoms with Gasteiger partial charge in [0.15, 0.2) is 5.17 Å². The second kappa shape index (κ2) is 9.77. The van der Waals surface area contributed by atoms with Gasteiger partial charge in [0.05, 0.1) is 17.7 Å². The summed E-state index contributed by atoms with van der Waals surface area (Å²) in [5, 5.41) is 6.49. The maximum Gasteiger partial charge on any atom is 0.435 e. The highest BCUT2D eigenvalue weighted by molar-refractivity contribution is 6.65. The van der Waals surface area contributed by atoms with Gasteiger partial charge in [-0.2, -0.15) is 26.3 Å². The van der Waals surface area contributed by atoms with Crippen LogP contribution in [0.2, 0.25) is 5.02 Å². The third kappa shape index (κ3) is 5.04. The predicted molar refractivity (Wildman–Crippen MR) is 123 cm³/mol. The summed E-state index contributed by atoms with van der Waals surface area (Å²) >= 11 is 11.4. The minimum Gasteiger partial charge on any atom is -0.374 e. The van der Waals surface area contributed by atoms with Gasteiger partial charge in [0.25, 0.3) is 11.5 Å². The molecule has 2 atom stereocenters. The molecule has 202 valence electrons. The molecule has 2 heterocycles. The Hall–Kier alpha value is -3.32. The Labute approximate surface area is 220 Å². The second-order valence-electron chi connectivity index (χ2n) is 8.44. The zero-order valence-corrected chi connectivity index (χ0v) is 20.5. The SMILES string of the molecule is Cc1cc(C2=NO[C@@](c3cc(Cl)cc(C(F)(F)F)c3)(C(F)(F)F)C2)ccc1C(=O)N(C=O)C1CC(Cl)=NO1. The van der Waals surface area contributed by atoms with Crippen LogP contribution in [0.1, 0.15) is 45.5 Å². The number of benzene rings is 2. The van der Waals surface area contributed by atoms with Gasteiger partial charge in [0.1, 0.15) is 0 Å². The van der Waals surface area contributed by atoms with Crippen molar-refractivity contribution in [3.05, 3.63) is 69.2 Å². The average molecular weight is 582 g/mol. The minimum absolute atomic E-state index is 0.0175. The number of hydrogen-bond donors (Lipinski definition) is 0. The molecule has 2 aliphatic heterocycles. The van der Waals surface area contributed by atoms with E-state index in [9.17, 15) is 35.9 Å². The molecule has 0 fully saturated rings. The fourth-order valence-corrected chi connectivity index (χ4v) is 4.41. The quantitative estimate of drug-likeness (QED) is 0.313. The normalized spacial score (nSPS) is 21.3. The number of carbonyl (C=O) groups excluding carboxylic acids is 2. The Morgan fingerprint density at radius 3 is 2.37 bits per heavy atom. The van der Waals surface area contributed by atoms with Gasteiger partial charge in [0.2, 0.25) is 12.6 Å². The van der Waals surface area contributed by atoms with Crippen LogP contribution in [0.15, 0.2) is 46.7 Å². The number of imide groups is 1. The van der Waals surface area contributed by atoms with Crippen molar-refractivity contribution >= 4 is 46.4 Å². The third-order valence-corrected chi connectivity index (χ3v) is 6.38. The molecule has 2 aromatic rings. The Balaban J connectivity index is 1.64. The summed E-state index contributed by atoms with van der Waals surface area (Å²) in [7, 11) is 0. The van der Waals surface area contributed by atoms with Crippen LogP contribution in [0.25, 0.3) is 0 Å². The lowest BCUT2D eigenvalue weighted by molar-refractivity contribution is -0.276. The third-order valence-electron chi connectivity index (χ3n) is 5.94. The standard InChI is InChI=1S/C23H15Cl2F6N3O4/c1-11-4-12(2-3-16(11)20(36)34(10-35)19-8-18(25)33-37-19)17-9-21(38-32-17,23(29,30)31)13-5-14(22(26,27)28)7-15(24)6-13/h2-7,10,19H,8-9H2,1H3/t19?,21-/m0/s1. The molecule has 2 aliphatic rings. The summed E-state index contributed by atoms with van der Waals surface area (Å²) in [5.74, 6) is -0.775. The van der Waals surface area contributed by atoms with E-state index in [1.807, 2.05) is 0 Å². The van der Waals surface area contributed by atoms with E-state index in [4.69, 9.17) is 32.9 Å². The molecule has 4 rings (SSSR count). The van der Waals surface area contributed by atoms with E-state index >= 15 is 0 Å². The molecule has 1 unspecified atom stereocenters. The maximum atomic E-state index is 14.3. The zero-order valence-electron chi connectivity index (χ0n) is 19.0. The van der Waals surface area contributed by atoms with Gasteiger partial charge in [-0.1, -0.05) is 39.6 Å². The van der Waals surface area contributed by atoms with Crippen molar-refractivity contribution in [3.8, 4) is 0 Å². The van der Waals surface area contributed by atoms with E-state index in [1.54, 1.807) is 0 Å². The Morgan fingerprint density at radius 1 is 1.11 bits per heavy atom. The summed E-state index contributed by atoms with van der Waals surface area (Å²) in [6, 6.07) is 5.44. The van der Waals surface area contributed by atoms with Gasteiger partial charge in [-0.25, -0.2) is 4.90 Å². The van der Waals surface area contributed by atoms with E-state index in [0.717, 1.165) is 11.0 Å². The topological polar surface area (TPSA) is 80.6 Å². The van der Waals surface area contributed by atoms with Crippen molar-refractivity contribution in [1.82, 2.24) is 4.90 Å². The molecule has 7 nitrogen and oxygen atoms in total. The average Bonchev–Trinajstić information content (AvgIpc) is 3.46. The van der Waals surface area contributed by atoms with Crippen LogP contribution in [0.3, 0.4) is 0 Å². The number of nitrogens with zero attached hydrogens (tertiary/aromatic N) is 3. The molecule has 0 saturated carbocycles. The van der Waals surface area contributed by atoms with E-state index in [2.05, 4.69) is 10.3 Å². The molecule has 0 spiro atoms. The van der Waals surface area contributed by atoms with Crippen LogP contribution < -0.4 is 0 Å². The van der Waals surface area contributed by atoms with Crippen LogP contribution in [0.5, 0.6) is 0 Å². The molecule has 0 bridgehead atoms. The van der Waals surface area contributed by atoms with Crippen molar-refractivity contribution in [2.45, 2.75) is 43.9 Å². The number of hydrogen-bond acceptors (Lipinski definition) is 6. The number of oxime groups is 2. The first kappa shape index (κ1) is 27.7. The monoisotopic (exact) mass is 581 g/mol. The van der Waals surface area contributed by atoms with Crippen LogP contribution >= 0.6 is 23.2 Å². The summed E-state index contributed by atoms with van der Waals surface area (Å²) in [6.45, 7) is 1.47. The van der Waals surface area contributed by atoms with Crippen LogP contribution in [-0.4, -0.2) is 40.5 Å². The number of alkyl halides is 6. The van der Waals surface area contributed by atoms with Crippen LogP contribution in [0.4, 0.5) is 26.3 Å². The van der Waals surface area contributed by atoms with Crippen molar-refractivity contribution < 1.29 is 45.6 Å². The second-order valence-corrected chi connectivity index (χ2v) is 9.31. The lowest BCUT2D eigenvalue weighted by atomic mass is 9.85. The molecule has 0 saturated heterocycles. The van der Waals surface area contributed by atoms with Crippen LogP contribution in [0, 0.1) is 6.92 Å². The molecule has 2 aromatic carbocycles. The molecular weight excluding hydrogens is 567 g/mol. The number of carbonyl (C=O) groups is 2. The fraction of sp³-hybridized carbons (Fsp3) is 0.304. The summed E-state index contributed by atoms with van der Waals surface area (Å²) < 4.78 is 82.6. The van der Waals surface area contributed by atoms with Crippen molar-refractivity contribution in [1.29, 1.82) is 0 Å². The molecule has 38 heavy (non-hydrogen) atoms. The first-order valence-corrected chi connectivity index (χ1v) is 11.4. The van der Waals surface area contributed by atoms with Crippen molar-refractivity contribution in [2.75, 3.05) is 0 Å². The number of aryl methyl sites for hydroxylation is 1. The maximum absolute atomic E-state index is 14.3. The molecule has 0 aliphatic carbocycles. The highest BCUT2D eigenvalue weighted by Gasteiger charge is 2.62. The lowest BCUT2D eigenvalue weighted by Crippen LogP contribution is -2.43. The largest absolute Gasteiger partial charge is 0.435 e. The number of rotatable bonds is 5. The summed E-state index contributed by atoms with van der Waals surface area (Å²) in [5.41, 5.74) is -5.31. The van der Waals surface area contributed by atoms with Gasteiger partial charge >= 0.3 is 12.4 Å².